The van der Waals surface area contributed by atoms with E-state index in [2.05, 4.69) is 25.6 Å². The number of carbonyl (C=O) groups excluding carboxylic acids is 2. The van der Waals surface area contributed by atoms with Crippen molar-refractivity contribution >= 4 is 39.3 Å². The number of anilines is 1. The summed E-state index contributed by atoms with van der Waals surface area (Å²) >= 11 is 1.42. The van der Waals surface area contributed by atoms with Crippen LogP contribution in [0.25, 0.3) is 10.2 Å². The molecule has 0 spiro atoms. The summed E-state index contributed by atoms with van der Waals surface area (Å²) in [5.41, 5.74) is 1.67. The third-order valence-electron chi connectivity index (χ3n) is 6.57. The number of aromatic nitrogens is 3. The van der Waals surface area contributed by atoms with Gasteiger partial charge in [0.15, 0.2) is 5.69 Å². The zero-order chi connectivity index (χ0) is 23.7. The average Bonchev–Trinajstić information content (AvgIpc) is 3.29. The molecular weight excluding hydrogens is 455 g/mol. The Morgan fingerprint density at radius 2 is 1.97 bits per heavy atom. The Morgan fingerprint density at radius 3 is 2.74 bits per heavy atom. The van der Waals surface area contributed by atoms with Crippen LogP contribution in [0.2, 0.25) is 0 Å². The highest BCUT2D eigenvalue weighted by molar-refractivity contribution is 7.17. The van der Waals surface area contributed by atoms with Gasteiger partial charge < -0.3 is 15.5 Å². The van der Waals surface area contributed by atoms with Crippen LogP contribution in [0.3, 0.4) is 0 Å². The number of likely N-dealkylation sites (tertiary alicyclic amines) is 1. The molecule has 8 nitrogen and oxygen atoms in total. The number of thiophene rings is 1. The molecule has 1 unspecified atom stereocenters. The molecule has 3 aromatic rings. The molecule has 0 radical (unpaired) electrons. The summed E-state index contributed by atoms with van der Waals surface area (Å²) in [5, 5.41) is 8.14. The van der Waals surface area contributed by atoms with Gasteiger partial charge >= 0.3 is 0 Å². The molecule has 2 N–H and O–H groups in total. The number of nitrogens with one attached hydrogen (secondary N) is 2. The zero-order valence-electron chi connectivity index (χ0n) is 19.0. The lowest BCUT2D eigenvalue weighted by atomic mass is 9.88. The largest absolute Gasteiger partial charge is 0.350 e. The van der Waals surface area contributed by atoms with E-state index in [9.17, 15) is 14.0 Å². The molecule has 178 valence electrons. The summed E-state index contributed by atoms with van der Waals surface area (Å²) in [4.78, 5) is 40.4. The molecule has 34 heavy (non-hydrogen) atoms. The van der Waals surface area contributed by atoms with Crippen LogP contribution >= 0.6 is 11.3 Å². The van der Waals surface area contributed by atoms with Crippen molar-refractivity contribution in [2.24, 2.45) is 5.92 Å². The third kappa shape index (κ3) is 4.72. The number of halogens is 1. The predicted octanol–water partition coefficient (Wildman–Crippen LogP) is 3.92. The summed E-state index contributed by atoms with van der Waals surface area (Å²) in [6.45, 7) is 2.80. The van der Waals surface area contributed by atoms with Crippen LogP contribution in [0.15, 0.2) is 29.9 Å². The maximum atomic E-state index is 13.6. The summed E-state index contributed by atoms with van der Waals surface area (Å²) in [5.74, 6) is -0.0734. The highest BCUT2D eigenvalue weighted by Gasteiger charge is 2.35. The Balaban J connectivity index is 1.26. The molecule has 0 bridgehead atoms. The lowest BCUT2D eigenvalue weighted by Gasteiger charge is -2.40. The van der Waals surface area contributed by atoms with Gasteiger partial charge in [-0.05, 0) is 42.8 Å². The van der Waals surface area contributed by atoms with Crippen molar-refractivity contribution in [2.75, 3.05) is 18.4 Å². The highest BCUT2D eigenvalue weighted by Crippen LogP contribution is 2.28. The van der Waals surface area contributed by atoms with E-state index in [0.29, 0.717) is 35.8 Å². The Morgan fingerprint density at radius 1 is 1.18 bits per heavy atom. The quantitative estimate of drug-likeness (QED) is 0.552. The summed E-state index contributed by atoms with van der Waals surface area (Å²) in [7, 11) is 0. The number of hydrogen-bond donors (Lipinski definition) is 2. The van der Waals surface area contributed by atoms with Gasteiger partial charge in [-0.2, -0.15) is 0 Å². The molecule has 2 fully saturated rings. The monoisotopic (exact) mass is 482 g/mol. The average molecular weight is 483 g/mol. The van der Waals surface area contributed by atoms with Crippen LogP contribution in [-0.2, 0) is 4.79 Å². The highest BCUT2D eigenvalue weighted by atomic mass is 32.1. The fourth-order valence-corrected chi connectivity index (χ4v) is 5.40. The van der Waals surface area contributed by atoms with Crippen LogP contribution < -0.4 is 10.6 Å². The van der Waals surface area contributed by atoms with Crippen molar-refractivity contribution in [1.82, 2.24) is 25.2 Å². The number of carbonyl (C=O) groups is 2. The summed E-state index contributed by atoms with van der Waals surface area (Å²) < 4.78 is 14.3. The first-order valence-electron chi connectivity index (χ1n) is 11.7. The topological polar surface area (TPSA) is 100 Å². The van der Waals surface area contributed by atoms with Crippen LogP contribution in [0.4, 0.5) is 10.3 Å². The van der Waals surface area contributed by atoms with Crippen molar-refractivity contribution in [3.05, 3.63) is 47.0 Å². The van der Waals surface area contributed by atoms with Crippen molar-refractivity contribution in [2.45, 2.75) is 51.1 Å². The van der Waals surface area contributed by atoms with E-state index in [4.69, 9.17) is 0 Å². The second-order valence-corrected chi connectivity index (χ2v) is 10.0. The van der Waals surface area contributed by atoms with Crippen molar-refractivity contribution in [3.8, 4) is 0 Å². The van der Waals surface area contributed by atoms with Gasteiger partial charge in [0.2, 0.25) is 11.9 Å². The second-order valence-electron chi connectivity index (χ2n) is 9.08. The molecule has 1 saturated heterocycles. The standard InChI is InChI=1S/C24H27FN6O2S/c1-14(16-9-17(25)11-26-10-16)27-24-29-19-7-8-34-21(19)20(30-24)23(33)31-12-18(13-31)28-22(32)15-5-3-2-4-6-15/h7-11,14-15,18H,2-6,12-13H2,1H3,(H,28,32)(H,27,29,30). The lowest BCUT2D eigenvalue weighted by molar-refractivity contribution is -0.127. The van der Waals surface area contributed by atoms with Gasteiger partial charge in [0, 0.05) is 25.2 Å². The molecule has 1 aliphatic carbocycles. The molecule has 10 heteroatoms. The van der Waals surface area contributed by atoms with Gasteiger partial charge in [0.1, 0.15) is 5.82 Å². The number of amides is 2. The number of rotatable bonds is 6. The second kappa shape index (κ2) is 9.61. The minimum atomic E-state index is -0.417. The molecule has 1 saturated carbocycles. The third-order valence-corrected chi connectivity index (χ3v) is 7.48. The molecule has 0 aromatic carbocycles. The van der Waals surface area contributed by atoms with Gasteiger partial charge in [0.05, 0.1) is 28.5 Å². The Labute approximate surface area is 201 Å². The van der Waals surface area contributed by atoms with E-state index in [1.165, 1.54) is 23.8 Å². The Bertz CT molecular complexity index is 1210. The van der Waals surface area contributed by atoms with E-state index in [1.807, 2.05) is 18.4 Å². The molecule has 3 aromatic heterocycles. The first kappa shape index (κ1) is 22.6. The number of hydrogen-bond acceptors (Lipinski definition) is 7. The smallest absolute Gasteiger partial charge is 0.274 e. The predicted molar refractivity (Wildman–Crippen MR) is 128 cm³/mol. The van der Waals surface area contributed by atoms with Crippen LogP contribution in [-0.4, -0.2) is 50.8 Å². The van der Waals surface area contributed by atoms with Crippen LogP contribution in [0.5, 0.6) is 0 Å². The normalized spacial score (nSPS) is 17.9. The van der Waals surface area contributed by atoms with E-state index >= 15 is 0 Å². The summed E-state index contributed by atoms with van der Waals surface area (Å²) in [6.07, 6.45) is 8.08. The van der Waals surface area contributed by atoms with Gasteiger partial charge in [-0.1, -0.05) is 19.3 Å². The number of nitrogens with zero attached hydrogens (tertiary/aromatic N) is 4. The fourth-order valence-electron chi connectivity index (χ4n) is 4.58. The fraction of sp³-hybridized carbons (Fsp3) is 0.458. The molecule has 5 rings (SSSR count). The maximum Gasteiger partial charge on any atom is 0.274 e. The first-order chi connectivity index (χ1) is 16.5. The molecule has 1 atom stereocenters. The van der Waals surface area contributed by atoms with E-state index in [1.54, 1.807) is 11.1 Å². The molecule has 4 heterocycles. The Hall–Kier alpha value is -3.14. The summed E-state index contributed by atoms with van der Waals surface area (Å²) in [6, 6.07) is 2.94. The van der Waals surface area contributed by atoms with Gasteiger partial charge in [0.25, 0.3) is 5.91 Å². The van der Waals surface area contributed by atoms with Gasteiger partial charge in [-0.25, -0.2) is 14.4 Å². The number of fused-ring (bicyclic) bond motifs is 1. The Kier molecular flexibility index (Phi) is 6.40. The molecule has 2 aliphatic rings. The van der Waals surface area contributed by atoms with E-state index in [-0.39, 0.29) is 29.8 Å². The van der Waals surface area contributed by atoms with Crippen molar-refractivity contribution in [1.29, 1.82) is 0 Å². The van der Waals surface area contributed by atoms with Crippen molar-refractivity contribution < 1.29 is 14.0 Å². The van der Waals surface area contributed by atoms with E-state index < -0.39 is 5.82 Å². The minimum Gasteiger partial charge on any atom is -0.350 e. The van der Waals surface area contributed by atoms with Gasteiger partial charge in [-0.15, -0.1) is 11.3 Å². The van der Waals surface area contributed by atoms with Crippen LogP contribution in [0, 0.1) is 11.7 Å². The maximum absolute atomic E-state index is 13.6. The van der Waals surface area contributed by atoms with Crippen molar-refractivity contribution in [3.63, 3.8) is 0 Å². The molecule has 2 amide bonds. The van der Waals surface area contributed by atoms with E-state index in [0.717, 1.165) is 36.6 Å². The zero-order valence-corrected chi connectivity index (χ0v) is 19.8. The number of pyridine rings is 1. The van der Waals surface area contributed by atoms with Crippen LogP contribution in [0.1, 0.15) is 61.1 Å². The van der Waals surface area contributed by atoms with Gasteiger partial charge in [-0.3, -0.25) is 14.6 Å². The molecular formula is C24H27FN6O2S. The SMILES string of the molecule is CC(Nc1nc(C(=O)N2CC(NC(=O)C3CCCCC3)C2)c2sccc2n1)c1cncc(F)c1. The lowest BCUT2D eigenvalue weighted by Crippen LogP contribution is -2.61. The molecule has 1 aliphatic heterocycles. The minimum absolute atomic E-state index is 0.0165. The first-order valence-corrected chi connectivity index (χ1v) is 12.6.